The van der Waals surface area contributed by atoms with Crippen molar-refractivity contribution in [2.45, 2.75) is 52.5 Å². The van der Waals surface area contributed by atoms with E-state index in [0.29, 0.717) is 42.6 Å². The maximum atomic E-state index is 12.4. The third-order valence-electron chi connectivity index (χ3n) is 5.22. The van der Waals surface area contributed by atoms with Crippen LogP contribution in [0.5, 0.6) is 6.01 Å². The van der Waals surface area contributed by atoms with E-state index in [4.69, 9.17) is 4.74 Å². The number of fused-ring (bicyclic) bond motifs is 1. The molecule has 9 nitrogen and oxygen atoms in total. The number of aryl methyl sites for hydroxylation is 2. The number of aromatic amines is 1. The molecule has 1 aliphatic heterocycles. The Hall–Kier alpha value is -2.42. The van der Waals surface area contributed by atoms with Crippen LogP contribution in [0, 0.1) is 12.8 Å². The molecule has 1 atom stereocenters. The average molecular weight is 391 g/mol. The summed E-state index contributed by atoms with van der Waals surface area (Å²) in [5, 5.41) is 9.21. The molecular formula is C19H29N5O4. The highest BCUT2D eigenvalue weighted by Crippen LogP contribution is 2.18. The number of unbranched alkanes of at least 4 members (excludes halogenated alkanes) is 1. The minimum absolute atomic E-state index is 0.208. The molecule has 2 N–H and O–H groups in total. The Morgan fingerprint density at radius 1 is 1.32 bits per heavy atom. The van der Waals surface area contributed by atoms with E-state index >= 15 is 0 Å². The van der Waals surface area contributed by atoms with Gasteiger partial charge in [0.15, 0.2) is 5.65 Å². The van der Waals surface area contributed by atoms with Crippen LogP contribution in [0.3, 0.4) is 0 Å². The molecule has 0 amide bonds. The molecule has 154 valence electrons. The molecule has 0 spiro atoms. The first-order valence-corrected chi connectivity index (χ1v) is 10.0. The fourth-order valence-electron chi connectivity index (χ4n) is 3.64. The smallest absolute Gasteiger partial charge is 0.327 e. The molecule has 3 heterocycles. The van der Waals surface area contributed by atoms with Gasteiger partial charge in [-0.05, 0) is 45.7 Å². The van der Waals surface area contributed by atoms with Gasteiger partial charge in [0.05, 0.1) is 18.2 Å². The van der Waals surface area contributed by atoms with Crippen LogP contribution in [0.1, 0.15) is 44.7 Å². The lowest BCUT2D eigenvalue weighted by Crippen LogP contribution is -2.39. The number of carboxylic acid groups (broad SMARTS) is 1. The Morgan fingerprint density at radius 2 is 2.14 bits per heavy atom. The number of likely N-dealkylation sites (tertiary alicyclic amines) is 1. The number of carboxylic acids is 1. The van der Waals surface area contributed by atoms with E-state index in [1.165, 1.54) is 0 Å². The van der Waals surface area contributed by atoms with Crippen LogP contribution >= 0.6 is 0 Å². The van der Waals surface area contributed by atoms with Gasteiger partial charge in [0.25, 0.3) is 0 Å². The molecule has 0 radical (unpaired) electrons. The monoisotopic (exact) mass is 391 g/mol. The van der Waals surface area contributed by atoms with Gasteiger partial charge in [0.1, 0.15) is 5.52 Å². The van der Waals surface area contributed by atoms with Crippen molar-refractivity contribution >= 4 is 17.1 Å². The van der Waals surface area contributed by atoms with Gasteiger partial charge in [-0.15, -0.1) is 0 Å². The standard InChI is InChI=1S/C19H29N5O4/c1-3-4-11-28-18-20-13(2)15-16(22-18)24(19(27)21-15)10-6-9-23-8-5-7-14(12-23)17(25)26/h14H,3-12H2,1-2H3,(H,21,27)(H,25,26). The molecular weight excluding hydrogens is 362 g/mol. The van der Waals surface area contributed by atoms with Crippen molar-refractivity contribution in [2.24, 2.45) is 5.92 Å². The fraction of sp³-hybridized carbons (Fsp3) is 0.684. The molecule has 1 aliphatic rings. The van der Waals surface area contributed by atoms with Gasteiger partial charge in [0, 0.05) is 13.1 Å². The quantitative estimate of drug-likeness (QED) is 0.627. The van der Waals surface area contributed by atoms with Crippen molar-refractivity contribution in [2.75, 3.05) is 26.2 Å². The highest BCUT2D eigenvalue weighted by Gasteiger charge is 2.25. The number of H-pyrrole nitrogens is 1. The lowest BCUT2D eigenvalue weighted by molar-refractivity contribution is -0.143. The van der Waals surface area contributed by atoms with E-state index in [1.807, 2.05) is 6.92 Å². The number of nitrogens with one attached hydrogen (secondary N) is 1. The van der Waals surface area contributed by atoms with Gasteiger partial charge < -0.3 is 19.7 Å². The molecule has 3 rings (SSSR count). The summed E-state index contributed by atoms with van der Waals surface area (Å²) in [6.45, 7) is 7.22. The maximum Gasteiger partial charge on any atom is 0.327 e. The third-order valence-corrected chi connectivity index (χ3v) is 5.22. The summed E-state index contributed by atoms with van der Waals surface area (Å²) >= 11 is 0. The summed E-state index contributed by atoms with van der Waals surface area (Å²) in [6.07, 6.45) is 4.33. The van der Waals surface area contributed by atoms with Gasteiger partial charge in [-0.25, -0.2) is 4.79 Å². The number of aromatic nitrogens is 4. The van der Waals surface area contributed by atoms with Crippen LogP contribution in [0.15, 0.2) is 4.79 Å². The first-order valence-electron chi connectivity index (χ1n) is 10.0. The van der Waals surface area contributed by atoms with E-state index < -0.39 is 5.97 Å². The van der Waals surface area contributed by atoms with Gasteiger partial charge in [-0.1, -0.05) is 13.3 Å². The first-order chi connectivity index (χ1) is 13.5. The van der Waals surface area contributed by atoms with Gasteiger partial charge >= 0.3 is 17.7 Å². The number of hydrogen-bond acceptors (Lipinski definition) is 6. The van der Waals surface area contributed by atoms with E-state index in [2.05, 4.69) is 26.8 Å². The van der Waals surface area contributed by atoms with Crippen LogP contribution in [0.4, 0.5) is 0 Å². The molecule has 0 aliphatic carbocycles. The number of carbonyl (C=O) groups is 1. The molecule has 1 fully saturated rings. The molecule has 2 aromatic rings. The van der Waals surface area contributed by atoms with Crippen molar-refractivity contribution < 1.29 is 14.6 Å². The summed E-state index contributed by atoms with van der Waals surface area (Å²) in [7, 11) is 0. The zero-order valence-electron chi connectivity index (χ0n) is 16.6. The van der Waals surface area contributed by atoms with Crippen molar-refractivity contribution in [3.8, 4) is 6.01 Å². The molecule has 1 saturated heterocycles. The van der Waals surface area contributed by atoms with E-state index in [0.717, 1.165) is 45.2 Å². The maximum absolute atomic E-state index is 12.4. The van der Waals surface area contributed by atoms with Crippen LogP contribution in [-0.4, -0.2) is 61.7 Å². The highest BCUT2D eigenvalue weighted by molar-refractivity contribution is 5.73. The summed E-state index contributed by atoms with van der Waals surface area (Å²) in [5.74, 6) is -1.01. The Bertz CT molecular complexity index is 875. The molecule has 0 aromatic carbocycles. The predicted octanol–water partition coefficient (Wildman–Crippen LogP) is 1.79. The Morgan fingerprint density at radius 3 is 2.89 bits per heavy atom. The summed E-state index contributed by atoms with van der Waals surface area (Å²) in [5.41, 5.74) is 1.68. The zero-order chi connectivity index (χ0) is 20.1. The lowest BCUT2D eigenvalue weighted by Gasteiger charge is -2.30. The Kier molecular flexibility index (Phi) is 6.66. The van der Waals surface area contributed by atoms with Crippen molar-refractivity contribution in [3.05, 3.63) is 16.2 Å². The second-order valence-corrected chi connectivity index (χ2v) is 7.41. The first kappa shape index (κ1) is 20.3. The van der Waals surface area contributed by atoms with E-state index in [1.54, 1.807) is 4.57 Å². The second kappa shape index (κ2) is 9.18. The van der Waals surface area contributed by atoms with Crippen LogP contribution in [0.25, 0.3) is 11.2 Å². The van der Waals surface area contributed by atoms with Crippen molar-refractivity contribution in [1.29, 1.82) is 0 Å². The van der Waals surface area contributed by atoms with Gasteiger partial charge in [0.2, 0.25) is 0 Å². The average Bonchev–Trinajstić information content (AvgIpc) is 2.99. The minimum Gasteiger partial charge on any atom is -0.481 e. The number of imidazole rings is 1. The summed E-state index contributed by atoms with van der Waals surface area (Å²) < 4.78 is 7.24. The fourth-order valence-corrected chi connectivity index (χ4v) is 3.64. The van der Waals surface area contributed by atoms with E-state index in [-0.39, 0.29) is 11.6 Å². The second-order valence-electron chi connectivity index (χ2n) is 7.41. The number of hydrogen-bond donors (Lipinski definition) is 2. The number of nitrogens with zero attached hydrogens (tertiary/aromatic N) is 4. The van der Waals surface area contributed by atoms with Crippen molar-refractivity contribution in [1.82, 2.24) is 24.4 Å². The van der Waals surface area contributed by atoms with E-state index in [9.17, 15) is 14.7 Å². The molecule has 0 saturated carbocycles. The molecule has 1 unspecified atom stereocenters. The molecule has 2 aromatic heterocycles. The van der Waals surface area contributed by atoms with Gasteiger partial charge in [-0.3, -0.25) is 9.36 Å². The Balaban J connectivity index is 1.67. The SMILES string of the molecule is CCCCOc1nc(C)c2[nH]c(=O)n(CCCN3CCCC(C(=O)O)C3)c2n1. The number of piperidine rings is 1. The normalized spacial score (nSPS) is 17.9. The largest absolute Gasteiger partial charge is 0.481 e. The summed E-state index contributed by atoms with van der Waals surface area (Å²) in [6, 6.07) is 0.298. The van der Waals surface area contributed by atoms with Crippen LogP contribution < -0.4 is 10.4 Å². The Labute approximate surface area is 163 Å². The van der Waals surface area contributed by atoms with Gasteiger partial charge in [-0.2, -0.15) is 9.97 Å². The lowest BCUT2D eigenvalue weighted by atomic mass is 9.98. The topological polar surface area (TPSA) is 113 Å². The van der Waals surface area contributed by atoms with Crippen molar-refractivity contribution in [3.63, 3.8) is 0 Å². The summed E-state index contributed by atoms with van der Waals surface area (Å²) in [4.78, 5) is 37.4. The number of rotatable bonds is 9. The third kappa shape index (κ3) is 4.70. The number of aliphatic carboxylic acids is 1. The van der Waals surface area contributed by atoms with Crippen LogP contribution in [0.2, 0.25) is 0 Å². The van der Waals surface area contributed by atoms with Crippen LogP contribution in [-0.2, 0) is 11.3 Å². The zero-order valence-corrected chi connectivity index (χ0v) is 16.6. The molecule has 28 heavy (non-hydrogen) atoms. The molecule has 9 heteroatoms. The highest BCUT2D eigenvalue weighted by atomic mass is 16.5. The number of ether oxygens (including phenoxy) is 1. The minimum atomic E-state index is -0.722. The molecule has 0 bridgehead atoms. The predicted molar refractivity (Wildman–Crippen MR) is 105 cm³/mol.